The largest absolute Gasteiger partial charge is 0.386 e. The summed E-state index contributed by atoms with van der Waals surface area (Å²) in [5.41, 5.74) is -0.922. The second kappa shape index (κ2) is 3.67. The highest BCUT2D eigenvalue weighted by molar-refractivity contribution is 9.11. The summed E-state index contributed by atoms with van der Waals surface area (Å²) in [6.07, 6.45) is 0. The number of hydrogen-bond acceptors (Lipinski definition) is 1. The van der Waals surface area contributed by atoms with Gasteiger partial charge in [-0.05, 0) is 41.9 Å². The first-order valence-corrected chi connectivity index (χ1v) is 5.29. The van der Waals surface area contributed by atoms with Gasteiger partial charge in [-0.3, -0.25) is 0 Å². The number of rotatable bonds is 1. The summed E-state index contributed by atoms with van der Waals surface area (Å²) in [5.74, 6) is -0.429. The van der Waals surface area contributed by atoms with E-state index in [4.69, 9.17) is 0 Å². The Morgan fingerprint density at radius 1 is 1.23 bits per heavy atom. The van der Waals surface area contributed by atoms with Crippen LogP contribution in [0.1, 0.15) is 19.4 Å². The lowest BCUT2D eigenvalue weighted by Gasteiger charge is -2.20. The minimum Gasteiger partial charge on any atom is -0.386 e. The minimum atomic E-state index is -1.19. The summed E-state index contributed by atoms with van der Waals surface area (Å²) in [6.45, 7) is 3.09. The van der Waals surface area contributed by atoms with Gasteiger partial charge in [0, 0.05) is 10.0 Å². The SMILES string of the molecule is CC(C)(O)c1c(Br)ccc(Br)c1F. The lowest BCUT2D eigenvalue weighted by atomic mass is 9.98. The number of halogens is 3. The molecule has 1 N–H and O–H groups in total. The van der Waals surface area contributed by atoms with E-state index in [-0.39, 0.29) is 5.56 Å². The van der Waals surface area contributed by atoms with Gasteiger partial charge in [-0.25, -0.2) is 4.39 Å². The molecule has 1 nitrogen and oxygen atoms in total. The Bertz CT molecular complexity index is 331. The summed E-state index contributed by atoms with van der Waals surface area (Å²) in [7, 11) is 0. The fraction of sp³-hybridized carbons (Fsp3) is 0.333. The van der Waals surface area contributed by atoms with Crippen LogP contribution in [0.4, 0.5) is 4.39 Å². The van der Waals surface area contributed by atoms with Crippen LogP contribution in [0.5, 0.6) is 0 Å². The molecule has 0 spiro atoms. The molecule has 0 fully saturated rings. The van der Waals surface area contributed by atoms with Gasteiger partial charge >= 0.3 is 0 Å². The van der Waals surface area contributed by atoms with Gasteiger partial charge in [0.25, 0.3) is 0 Å². The lowest BCUT2D eigenvalue weighted by Crippen LogP contribution is -2.18. The molecule has 0 saturated carbocycles. The second-order valence-corrected chi connectivity index (χ2v) is 4.99. The first-order valence-electron chi connectivity index (χ1n) is 3.70. The Kier molecular flexibility index (Phi) is 3.15. The van der Waals surface area contributed by atoms with Crippen LogP contribution in [0.25, 0.3) is 0 Å². The van der Waals surface area contributed by atoms with Gasteiger partial charge in [0.05, 0.1) is 10.1 Å². The third-order valence-corrected chi connectivity index (χ3v) is 2.93. The normalized spacial score (nSPS) is 11.8. The molecule has 0 radical (unpaired) electrons. The summed E-state index contributed by atoms with van der Waals surface area (Å²) in [4.78, 5) is 0. The molecule has 0 bridgehead atoms. The van der Waals surface area contributed by atoms with E-state index >= 15 is 0 Å². The van der Waals surface area contributed by atoms with E-state index in [1.165, 1.54) is 0 Å². The molecular weight excluding hydrogens is 303 g/mol. The maximum atomic E-state index is 13.5. The van der Waals surface area contributed by atoms with E-state index < -0.39 is 11.4 Å². The Hall–Kier alpha value is 0.0700. The summed E-state index contributed by atoms with van der Waals surface area (Å²) < 4.78 is 14.4. The zero-order valence-corrected chi connectivity index (χ0v) is 10.4. The average molecular weight is 312 g/mol. The third kappa shape index (κ3) is 2.30. The highest BCUT2D eigenvalue weighted by atomic mass is 79.9. The molecule has 1 aromatic carbocycles. The van der Waals surface area contributed by atoms with Crippen LogP contribution in [-0.4, -0.2) is 5.11 Å². The van der Waals surface area contributed by atoms with Crippen LogP contribution in [0, 0.1) is 5.82 Å². The Morgan fingerprint density at radius 3 is 2.08 bits per heavy atom. The van der Waals surface area contributed by atoms with Gasteiger partial charge in [-0.15, -0.1) is 0 Å². The fourth-order valence-electron chi connectivity index (χ4n) is 1.09. The highest BCUT2D eigenvalue weighted by Gasteiger charge is 2.24. The molecule has 0 amide bonds. The number of hydrogen-bond donors (Lipinski definition) is 1. The van der Waals surface area contributed by atoms with Crippen molar-refractivity contribution < 1.29 is 9.50 Å². The number of aliphatic hydroxyl groups is 1. The van der Waals surface area contributed by atoms with E-state index in [0.29, 0.717) is 8.95 Å². The maximum Gasteiger partial charge on any atom is 0.144 e. The molecule has 0 aliphatic carbocycles. The Morgan fingerprint density at radius 2 is 1.69 bits per heavy atom. The molecule has 0 unspecified atom stereocenters. The van der Waals surface area contributed by atoms with E-state index in [9.17, 15) is 9.50 Å². The molecule has 0 aliphatic rings. The number of benzene rings is 1. The zero-order chi connectivity index (χ0) is 10.2. The Balaban J connectivity index is 3.43. The standard InChI is InChI=1S/C9H9Br2FO/c1-9(2,13)7-5(10)3-4-6(11)8(7)12/h3-4,13H,1-2H3. The van der Waals surface area contributed by atoms with Gasteiger partial charge < -0.3 is 5.11 Å². The van der Waals surface area contributed by atoms with Crippen molar-refractivity contribution >= 4 is 31.9 Å². The van der Waals surface area contributed by atoms with Gasteiger partial charge in [0.2, 0.25) is 0 Å². The third-order valence-electron chi connectivity index (χ3n) is 1.66. The van der Waals surface area contributed by atoms with Crippen LogP contribution in [0.2, 0.25) is 0 Å². The smallest absolute Gasteiger partial charge is 0.144 e. The fourth-order valence-corrected chi connectivity index (χ4v) is 2.21. The molecule has 4 heteroatoms. The molecule has 1 aromatic rings. The van der Waals surface area contributed by atoms with E-state index in [1.54, 1.807) is 26.0 Å². The van der Waals surface area contributed by atoms with Crippen LogP contribution >= 0.6 is 31.9 Å². The van der Waals surface area contributed by atoms with E-state index in [1.807, 2.05) is 0 Å². The van der Waals surface area contributed by atoms with E-state index in [0.717, 1.165) is 0 Å². The first kappa shape index (κ1) is 11.1. The maximum absolute atomic E-state index is 13.5. The van der Waals surface area contributed by atoms with E-state index in [2.05, 4.69) is 31.9 Å². The summed E-state index contributed by atoms with van der Waals surface area (Å²) in [6, 6.07) is 3.29. The van der Waals surface area contributed by atoms with Crippen LogP contribution < -0.4 is 0 Å². The summed E-state index contributed by atoms with van der Waals surface area (Å²) >= 11 is 6.26. The van der Waals surface area contributed by atoms with Crippen molar-refractivity contribution in [3.8, 4) is 0 Å². The van der Waals surface area contributed by atoms with Crippen molar-refractivity contribution in [2.24, 2.45) is 0 Å². The molecule has 0 heterocycles. The first-order chi connectivity index (χ1) is 5.84. The van der Waals surface area contributed by atoms with Crippen molar-refractivity contribution in [1.82, 2.24) is 0 Å². The van der Waals surface area contributed by atoms with Gasteiger partial charge in [0.1, 0.15) is 5.82 Å². The van der Waals surface area contributed by atoms with Crippen LogP contribution in [0.3, 0.4) is 0 Å². The lowest BCUT2D eigenvalue weighted by molar-refractivity contribution is 0.0736. The predicted molar refractivity (Wildman–Crippen MR) is 57.0 cm³/mol. The van der Waals surface area contributed by atoms with Crippen molar-refractivity contribution in [1.29, 1.82) is 0 Å². The second-order valence-electron chi connectivity index (χ2n) is 3.28. The molecule has 0 aromatic heterocycles. The van der Waals surface area contributed by atoms with Crippen LogP contribution in [-0.2, 0) is 5.60 Å². The van der Waals surface area contributed by atoms with Crippen molar-refractivity contribution in [2.45, 2.75) is 19.4 Å². The van der Waals surface area contributed by atoms with Crippen molar-refractivity contribution in [2.75, 3.05) is 0 Å². The highest BCUT2D eigenvalue weighted by Crippen LogP contribution is 2.33. The van der Waals surface area contributed by atoms with Crippen molar-refractivity contribution in [3.63, 3.8) is 0 Å². The quantitative estimate of drug-likeness (QED) is 0.786. The molecule has 72 valence electrons. The topological polar surface area (TPSA) is 20.2 Å². The van der Waals surface area contributed by atoms with Crippen LogP contribution in [0.15, 0.2) is 21.1 Å². The van der Waals surface area contributed by atoms with Gasteiger partial charge in [-0.1, -0.05) is 15.9 Å². The Labute approximate surface area is 93.2 Å². The van der Waals surface area contributed by atoms with Crippen molar-refractivity contribution in [3.05, 3.63) is 32.5 Å². The molecule has 1 rings (SSSR count). The molecule has 0 atom stereocenters. The average Bonchev–Trinajstić information content (AvgIpc) is 1.95. The van der Waals surface area contributed by atoms with Gasteiger partial charge in [0.15, 0.2) is 0 Å². The summed E-state index contributed by atoms with van der Waals surface area (Å²) in [5, 5.41) is 9.68. The zero-order valence-electron chi connectivity index (χ0n) is 7.24. The molecule has 0 saturated heterocycles. The molecule has 0 aliphatic heterocycles. The minimum absolute atomic E-state index is 0.266. The monoisotopic (exact) mass is 310 g/mol. The van der Waals surface area contributed by atoms with Gasteiger partial charge in [-0.2, -0.15) is 0 Å². The molecule has 13 heavy (non-hydrogen) atoms. The predicted octanol–water partition coefficient (Wildman–Crippen LogP) is 3.58. The molecular formula is C9H9Br2FO.